The molecule has 0 radical (unpaired) electrons. The summed E-state index contributed by atoms with van der Waals surface area (Å²) in [7, 11) is 0. The van der Waals surface area contributed by atoms with Crippen LogP contribution >= 0.6 is 45.3 Å². The van der Waals surface area contributed by atoms with Crippen molar-refractivity contribution in [2.24, 2.45) is 0 Å². The Morgan fingerprint density at radius 1 is 0.885 bits per heavy atom. The Hall–Kier alpha value is -1.54. The number of ether oxygens (including phenoxy) is 1. The van der Waals surface area contributed by atoms with Crippen LogP contribution in [0.25, 0.3) is 28.6 Å². The van der Waals surface area contributed by atoms with Crippen LogP contribution in [0, 0.1) is 13.8 Å². The zero-order valence-electron chi connectivity index (χ0n) is 14.7. The third-order valence-corrected chi connectivity index (χ3v) is 8.84. The quantitative estimate of drug-likeness (QED) is 0.266. The van der Waals surface area contributed by atoms with Crippen molar-refractivity contribution in [2.75, 3.05) is 6.61 Å². The van der Waals surface area contributed by atoms with E-state index in [1.54, 1.807) is 52.3 Å². The summed E-state index contributed by atoms with van der Waals surface area (Å²) in [4.78, 5) is 29.3. The van der Waals surface area contributed by atoms with Gasteiger partial charge in [0.15, 0.2) is 5.78 Å². The molecule has 4 aromatic heterocycles. The van der Waals surface area contributed by atoms with E-state index in [-0.39, 0.29) is 11.8 Å². The van der Waals surface area contributed by atoms with Crippen molar-refractivity contribution in [3.05, 3.63) is 33.0 Å². The molecule has 0 aliphatic carbocycles. The fraction of sp³-hybridized carbons (Fsp3) is 0.263. The van der Waals surface area contributed by atoms with Crippen molar-refractivity contribution in [2.45, 2.75) is 27.7 Å². The van der Waals surface area contributed by atoms with Gasteiger partial charge >= 0.3 is 5.97 Å². The van der Waals surface area contributed by atoms with Gasteiger partial charge in [0.25, 0.3) is 0 Å². The maximum Gasteiger partial charge on any atom is 0.341 e. The highest BCUT2D eigenvalue weighted by atomic mass is 32.1. The average Bonchev–Trinajstić information content (AvgIpc) is 3.23. The van der Waals surface area contributed by atoms with Gasteiger partial charge in [-0.3, -0.25) is 4.79 Å². The number of aryl methyl sites for hydroxylation is 2. The molecule has 0 saturated heterocycles. The first kappa shape index (κ1) is 17.9. The third-order valence-electron chi connectivity index (χ3n) is 4.01. The van der Waals surface area contributed by atoms with Gasteiger partial charge in [0.1, 0.15) is 0 Å². The van der Waals surface area contributed by atoms with E-state index in [0.29, 0.717) is 12.2 Å². The number of thiophene rings is 4. The molecule has 134 valence electrons. The molecular formula is C19H16O3S4. The van der Waals surface area contributed by atoms with Crippen LogP contribution in [-0.2, 0) is 4.74 Å². The Kier molecular flexibility index (Phi) is 4.51. The van der Waals surface area contributed by atoms with Crippen molar-refractivity contribution >= 4 is 75.9 Å². The number of carbonyl (C=O) groups excluding carboxylic acids is 2. The SMILES string of the molecule is CCOC(=O)c1c(-c2sc3cc(C)sc3c2C(C)=O)sc2cc(C)sc12. The number of hydrogen-bond donors (Lipinski definition) is 0. The summed E-state index contributed by atoms with van der Waals surface area (Å²) in [5.41, 5.74) is 1.34. The minimum Gasteiger partial charge on any atom is -0.462 e. The van der Waals surface area contributed by atoms with Crippen molar-refractivity contribution in [1.29, 1.82) is 0 Å². The lowest BCUT2D eigenvalue weighted by Crippen LogP contribution is -2.05. The van der Waals surface area contributed by atoms with E-state index in [2.05, 4.69) is 19.1 Å². The van der Waals surface area contributed by atoms with E-state index in [9.17, 15) is 9.59 Å². The van der Waals surface area contributed by atoms with Gasteiger partial charge in [-0.1, -0.05) is 0 Å². The maximum atomic E-state index is 12.7. The molecular weight excluding hydrogens is 404 g/mol. The molecule has 4 rings (SSSR count). The Labute approximate surface area is 166 Å². The second-order valence-corrected chi connectivity index (χ2v) is 10.6. The molecule has 0 aliphatic rings. The van der Waals surface area contributed by atoms with Crippen LogP contribution < -0.4 is 0 Å². The predicted molar refractivity (Wildman–Crippen MR) is 114 cm³/mol. The monoisotopic (exact) mass is 420 g/mol. The Morgan fingerprint density at radius 3 is 1.88 bits per heavy atom. The van der Waals surface area contributed by atoms with Gasteiger partial charge in [0.2, 0.25) is 0 Å². The molecule has 0 saturated carbocycles. The van der Waals surface area contributed by atoms with Crippen LogP contribution in [0.3, 0.4) is 0 Å². The molecule has 4 aromatic rings. The van der Waals surface area contributed by atoms with Gasteiger partial charge in [-0.15, -0.1) is 45.3 Å². The average molecular weight is 421 g/mol. The minimum absolute atomic E-state index is 0.0378. The topological polar surface area (TPSA) is 43.4 Å². The van der Waals surface area contributed by atoms with E-state index in [1.807, 2.05) is 13.8 Å². The van der Waals surface area contributed by atoms with E-state index < -0.39 is 0 Å². The van der Waals surface area contributed by atoms with E-state index in [1.165, 1.54) is 4.88 Å². The standard InChI is InChI=1S/C19H16O3S4/c1-5-22-19(21)14-16-12(7-9(3)24-16)26-18(14)17-13(10(4)20)15-11(25-17)6-8(2)23-15/h6-7H,5H2,1-4H3. The van der Waals surface area contributed by atoms with Gasteiger partial charge < -0.3 is 4.74 Å². The molecule has 3 nitrogen and oxygen atoms in total. The molecule has 7 heteroatoms. The van der Waals surface area contributed by atoms with Gasteiger partial charge in [-0.2, -0.15) is 0 Å². The number of esters is 1. The van der Waals surface area contributed by atoms with Gasteiger partial charge in [-0.25, -0.2) is 4.79 Å². The van der Waals surface area contributed by atoms with Crippen LogP contribution in [0.15, 0.2) is 12.1 Å². The number of rotatable bonds is 4. The molecule has 0 atom stereocenters. The smallest absolute Gasteiger partial charge is 0.341 e. The summed E-state index contributed by atoms with van der Waals surface area (Å²) in [5.74, 6) is -0.270. The van der Waals surface area contributed by atoms with Gasteiger partial charge in [0.05, 0.1) is 36.9 Å². The highest BCUT2D eigenvalue weighted by Crippen LogP contribution is 2.49. The van der Waals surface area contributed by atoms with Crippen molar-refractivity contribution in [3.8, 4) is 9.75 Å². The lowest BCUT2D eigenvalue weighted by molar-refractivity contribution is 0.0530. The molecule has 0 spiro atoms. The zero-order valence-corrected chi connectivity index (χ0v) is 18.0. The second kappa shape index (κ2) is 6.56. The predicted octanol–water partition coefficient (Wildman–Crippen LogP) is 6.90. The summed E-state index contributed by atoms with van der Waals surface area (Å²) < 4.78 is 9.51. The largest absolute Gasteiger partial charge is 0.462 e. The van der Waals surface area contributed by atoms with E-state index in [0.717, 1.165) is 39.0 Å². The van der Waals surface area contributed by atoms with Crippen molar-refractivity contribution in [3.63, 3.8) is 0 Å². The van der Waals surface area contributed by atoms with E-state index in [4.69, 9.17) is 4.74 Å². The molecule has 0 fully saturated rings. The van der Waals surface area contributed by atoms with E-state index >= 15 is 0 Å². The summed E-state index contributed by atoms with van der Waals surface area (Å²) in [5, 5.41) is 0. The number of fused-ring (bicyclic) bond motifs is 2. The van der Waals surface area contributed by atoms with Crippen LogP contribution in [-0.4, -0.2) is 18.4 Å². The summed E-state index contributed by atoms with van der Waals surface area (Å²) in [6, 6.07) is 4.22. The highest BCUT2D eigenvalue weighted by molar-refractivity contribution is 7.34. The molecule has 4 heterocycles. The lowest BCUT2D eigenvalue weighted by atomic mass is 10.1. The number of Topliss-reactive ketones (excluding diaryl/α,β-unsaturated/α-hetero) is 1. The normalized spacial score (nSPS) is 11.5. The zero-order chi connectivity index (χ0) is 18.6. The molecule has 0 amide bonds. The van der Waals surface area contributed by atoms with Crippen LogP contribution in [0.5, 0.6) is 0 Å². The first-order chi connectivity index (χ1) is 12.4. The fourth-order valence-electron chi connectivity index (χ4n) is 3.04. The van der Waals surface area contributed by atoms with Gasteiger partial charge in [0, 0.05) is 19.2 Å². The molecule has 0 unspecified atom stereocenters. The fourth-order valence-corrected chi connectivity index (χ4v) is 8.34. The highest BCUT2D eigenvalue weighted by Gasteiger charge is 2.28. The summed E-state index contributed by atoms with van der Waals surface area (Å²) in [6.45, 7) is 7.83. The second-order valence-electron chi connectivity index (χ2n) is 5.99. The van der Waals surface area contributed by atoms with Crippen LogP contribution in [0.1, 0.15) is 44.3 Å². The van der Waals surface area contributed by atoms with Gasteiger partial charge in [-0.05, 0) is 39.8 Å². The summed E-state index contributed by atoms with van der Waals surface area (Å²) in [6.07, 6.45) is 0. The molecule has 0 aromatic carbocycles. The Balaban J connectivity index is 2.04. The Bertz CT molecular complexity index is 1170. The van der Waals surface area contributed by atoms with Crippen LogP contribution in [0.2, 0.25) is 0 Å². The summed E-state index contributed by atoms with van der Waals surface area (Å²) >= 11 is 6.42. The number of carbonyl (C=O) groups is 2. The van der Waals surface area contributed by atoms with Crippen LogP contribution in [0.4, 0.5) is 0 Å². The number of hydrogen-bond acceptors (Lipinski definition) is 7. The molecule has 0 bridgehead atoms. The third kappa shape index (κ3) is 2.74. The first-order valence-electron chi connectivity index (χ1n) is 8.15. The lowest BCUT2D eigenvalue weighted by Gasteiger charge is -2.04. The molecule has 0 N–H and O–H groups in total. The van der Waals surface area contributed by atoms with Crippen molar-refractivity contribution in [1.82, 2.24) is 0 Å². The molecule has 0 aliphatic heterocycles. The first-order valence-corrected chi connectivity index (χ1v) is 11.4. The number of ketones is 1. The maximum absolute atomic E-state index is 12.7. The Morgan fingerprint density at radius 2 is 1.38 bits per heavy atom. The van der Waals surface area contributed by atoms with Crippen molar-refractivity contribution < 1.29 is 14.3 Å². The molecule has 26 heavy (non-hydrogen) atoms. The minimum atomic E-state index is -0.307.